The summed E-state index contributed by atoms with van der Waals surface area (Å²) in [6.45, 7) is 3.21. The minimum atomic E-state index is -0.131. The zero-order chi connectivity index (χ0) is 20.8. The molecule has 1 unspecified atom stereocenters. The fraction of sp³-hybridized carbons (Fsp3) is 0.409. The van der Waals surface area contributed by atoms with Gasteiger partial charge in [0.2, 0.25) is 0 Å². The summed E-state index contributed by atoms with van der Waals surface area (Å²) in [5.41, 5.74) is 3.29. The molecule has 0 bridgehead atoms. The minimum absolute atomic E-state index is 0.0683. The van der Waals surface area contributed by atoms with Gasteiger partial charge in [0.05, 0.1) is 13.7 Å². The van der Waals surface area contributed by atoms with Crippen molar-refractivity contribution in [2.75, 3.05) is 27.3 Å². The van der Waals surface area contributed by atoms with Crippen LogP contribution in [0.3, 0.4) is 0 Å². The van der Waals surface area contributed by atoms with E-state index in [4.69, 9.17) is 25.9 Å². The maximum Gasteiger partial charge on any atom is 0.259 e. The summed E-state index contributed by atoms with van der Waals surface area (Å²) in [4.78, 5) is 16.7. The van der Waals surface area contributed by atoms with Crippen molar-refractivity contribution in [1.82, 2.24) is 10.4 Å². The van der Waals surface area contributed by atoms with Gasteiger partial charge in [0.25, 0.3) is 5.91 Å². The normalized spacial score (nSPS) is 15.4. The first-order chi connectivity index (χ1) is 14.0. The van der Waals surface area contributed by atoms with E-state index in [9.17, 15) is 4.79 Å². The van der Waals surface area contributed by atoms with E-state index in [1.807, 2.05) is 30.3 Å². The first-order valence-electron chi connectivity index (χ1n) is 9.70. The lowest BCUT2D eigenvalue weighted by Crippen LogP contribution is -2.44. The molecule has 0 fully saturated rings. The number of carbonyl (C=O) groups is 1. The van der Waals surface area contributed by atoms with Crippen LogP contribution in [0.1, 0.15) is 23.6 Å². The predicted octanol–water partition coefficient (Wildman–Crippen LogP) is 3.39. The molecule has 0 saturated heterocycles. The number of aryl methyl sites for hydroxylation is 1. The molecular weight excluding hydrogens is 392 g/mol. The van der Waals surface area contributed by atoms with E-state index < -0.39 is 0 Å². The van der Waals surface area contributed by atoms with Gasteiger partial charge in [0, 0.05) is 29.7 Å². The average molecular weight is 419 g/mol. The molecule has 1 atom stereocenters. The molecule has 6 nitrogen and oxygen atoms in total. The average Bonchev–Trinajstić information content (AvgIpc) is 2.75. The molecule has 29 heavy (non-hydrogen) atoms. The van der Waals surface area contributed by atoms with E-state index in [2.05, 4.69) is 18.3 Å². The van der Waals surface area contributed by atoms with Gasteiger partial charge in [-0.05, 0) is 36.1 Å². The first-order valence-corrected chi connectivity index (χ1v) is 10.1. The van der Waals surface area contributed by atoms with Gasteiger partial charge in [0.15, 0.2) is 0 Å². The third-order valence-electron chi connectivity index (χ3n) is 5.09. The molecular formula is C22H27ClN2O4. The van der Waals surface area contributed by atoms with Crippen molar-refractivity contribution in [3.8, 4) is 11.5 Å². The number of hydroxylamine groups is 2. The molecule has 1 aliphatic heterocycles. The smallest absolute Gasteiger partial charge is 0.259 e. The topological polar surface area (TPSA) is 60.0 Å². The van der Waals surface area contributed by atoms with E-state index in [1.54, 1.807) is 7.05 Å². The van der Waals surface area contributed by atoms with Gasteiger partial charge in [-0.1, -0.05) is 36.7 Å². The highest BCUT2D eigenvalue weighted by Crippen LogP contribution is 2.30. The summed E-state index contributed by atoms with van der Waals surface area (Å²) in [7, 11) is 3.05. The van der Waals surface area contributed by atoms with Crippen LogP contribution in [0.2, 0.25) is 5.02 Å². The van der Waals surface area contributed by atoms with Gasteiger partial charge in [0.1, 0.15) is 24.7 Å². The Morgan fingerprint density at radius 2 is 2.17 bits per heavy atom. The number of nitrogens with zero attached hydrogens (tertiary/aromatic N) is 1. The quantitative estimate of drug-likeness (QED) is 0.666. The third-order valence-corrected chi connectivity index (χ3v) is 5.45. The standard InChI is InChI=1S/C22H27ClN2O4/c1-4-15-6-5-7-20(23)19(15)14-28-18-9-8-16-10-17(13-29-21(16)11-18)24-12-22(26)25(2)27-3/h5-9,11,17,24H,4,10,12-14H2,1-3H3. The number of benzene rings is 2. The van der Waals surface area contributed by atoms with Crippen LogP contribution in [0.25, 0.3) is 0 Å². The van der Waals surface area contributed by atoms with Gasteiger partial charge in [-0.15, -0.1) is 0 Å². The van der Waals surface area contributed by atoms with E-state index in [0.717, 1.165) is 40.5 Å². The number of hydrogen-bond donors (Lipinski definition) is 1. The van der Waals surface area contributed by atoms with Crippen molar-refractivity contribution in [3.63, 3.8) is 0 Å². The summed E-state index contributed by atoms with van der Waals surface area (Å²) in [6.07, 6.45) is 1.69. The van der Waals surface area contributed by atoms with Crippen LogP contribution in [0.15, 0.2) is 36.4 Å². The molecule has 7 heteroatoms. The fourth-order valence-electron chi connectivity index (χ4n) is 3.27. The Labute approximate surface area is 176 Å². The molecule has 1 amide bonds. The number of nitrogens with one attached hydrogen (secondary N) is 1. The van der Waals surface area contributed by atoms with Crippen LogP contribution in [-0.2, 0) is 29.1 Å². The Balaban J connectivity index is 1.58. The number of halogens is 1. The first kappa shape index (κ1) is 21.4. The minimum Gasteiger partial charge on any atom is -0.492 e. The maximum atomic E-state index is 11.8. The van der Waals surface area contributed by atoms with Crippen LogP contribution < -0.4 is 14.8 Å². The van der Waals surface area contributed by atoms with Gasteiger partial charge >= 0.3 is 0 Å². The molecule has 1 aliphatic rings. The van der Waals surface area contributed by atoms with Gasteiger partial charge in [-0.25, -0.2) is 5.06 Å². The molecule has 156 valence electrons. The lowest BCUT2D eigenvalue weighted by molar-refractivity contribution is -0.167. The summed E-state index contributed by atoms with van der Waals surface area (Å²) in [6, 6.07) is 11.9. The van der Waals surface area contributed by atoms with E-state index in [0.29, 0.717) is 13.2 Å². The number of rotatable bonds is 8. The summed E-state index contributed by atoms with van der Waals surface area (Å²) >= 11 is 6.34. The summed E-state index contributed by atoms with van der Waals surface area (Å²) in [5, 5.41) is 5.14. The Bertz CT molecular complexity index is 859. The second-order valence-electron chi connectivity index (χ2n) is 6.96. The number of amides is 1. The molecule has 2 aromatic carbocycles. The predicted molar refractivity (Wildman–Crippen MR) is 112 cm³/mol. The summed E-state index contributed by atoms with van der Waals surface area (Å²) in [5.74, 6) is 1.43. The Morgan fingerprint density at radius 3 is 2.93 bits per heavy atom. The molecule has 2 aromatic rings. The van der Waals surface area contributed by atoms with Crippen molar-refractivity contribution >= 4 is 17.5 Å². The van der Waals surface area contributed by atoms with Crippen LogP contribution in [0, 0.1) is 0 Å². The lowest BCUT2D eigenvalue weighted by atomic mass is 10.0. The van der Waals surface area contributed by atoms with Crippen molar-refractivity contribution in [2.45, 2.75) is 32.4 Å². The molecule has 3 rings (SSSR count). The lowest BCUT2D eigenvalue weighted by Gasteiger charge is -2.27. The monoisotopic (exact) mass is 418 g/mol. The van der Waals surface area contributed by atoms with Gasteiger partial charge in [-0.3, -0.25) is 9.63 Å². The molecule has 1 N–H and O–H groups in total. The van der Waals surface area contributed by atoms with Gasteiger partial charge < -0.3 is 14.8 Å². The van der Waals surface area contributed by atoms with Crippen molar-refractivity contribution in [2.24, 2.45) is 0 Å². The van der Waals surface area contributed by atoms with Crippen LogP contribution in [0.5, 0.6) is 11.5 Å². The number of fused-ring (bicyclic) bond motifs is 1. The van der Waals surface area contributed by atoms with E-state index >= 15 is 0 Å². The Morgan fingerprint density at radius 1 is 1.34 bits per heavy atom. The number of ether oxygens (including phenoxy) is 2. The largest absolute Gasteiger partial charge is 0.492 e. The van der Waals surface area contributed by atoms with Crippen molar-refractivity contribution in [1.29, 1.82) is 0 Å². The Kier molecular flexibility index (Phi) is 7.36. The highest BCUT2D eigenvalue weighted by atomic mass is 35.5. The summed E-state index contributed by atoms with van der Waals surface area (Å²) < 4.78 is 11.9. The molecule has 0 aromatic heterocycles. The fourth-order valence-corrected chi connectivity index (χ4v) is 3.52. The number of hydrogen-bond acceptors (Lipinski definition) is 5. The molecule has 0 spiro atoms. The van der Waals surface area contributed by atoms with Crippen molar-refractivity contribution < 1.29 is 19.1 Å². The maximum absolute atomic E-state index is 11.8. The van der Waals surface area contributed by atoms with Crippen LogP contribution >= 0.6 is 11.6 Å². The zero-order valence-electron chi connectivity index (χ0n) is 17.0. The second-order valence-corrected chi connectivity index (χ2v) is 7.36. The third kappa shape index (κ3) is 5.41. The van der Waals surface area contributed by atoms with Crippen LogP contribution in [-0.4, -0.2) is 44.3 Å². The van der Waals surface area contributed by atoms with Crippen molar-refractivity contribution in [3.05, 3.63) is 58.1 Å². The zero-order valence-corrected chi connectivity index (χ0v) is 17.8. The second kappa shape index (κ2) is 9.96. The number of carbonyl (C=O) groups excluding carboxylic acids is 1. The number of likely N-dealkylation sites (N-methyl/N-ethyl adjacent to an activating group) is 1. The molecule has 0 radical (unpaired) electrons. The van der Waals surface area contributed by atoms with E-state index in [-0.39, 0.29) is 18.5 Å². The molecule has 0 aliphatic carbocycles. The SMILES string of the molecule is CCc1cccc(Cl)c1COc1ccc2c(c1)OCC(NCC(=O)N(C)OC)C2. The molecule has 1 heterocycles. The Hall–Kier alpha value is -2.28. The van der Waals surface area contributed by atoms with Gasteiger partial charge in [-0.2, -0.15) is 0 Å². The van der Waals surface area contributed by atoms with E-state index in [1.165, 1.54) is 17.7 Å². The van der Waals surface area contributed by atoms with Crippen LogP contribution in [0.4, 0.5) is 0 Å². The highest BCUT2D eigenvalue weighted by Gasteiger charge is 2.21. The highest BCUT2D eigenvalue weighted by molar-refractivity contribution is 6.31. The molecule has 0 saturated carbocycles.